The molecule has 0 unspecified atom stereocenters. The molecule has 7 heteroatoms. The van der Waals surface area contributed by atoms with Crippen LogP contribution in [0.5, 0.6) is 17.2 Å². The highest BCUT2D eigenvalue weighted by molar-refractivity contribution is 9.10. The lowest BCUT2D eigenvalue weighted by Crippen LogP contribution is -2.18. The first-order valence-electron chi connectivity index (χ1n) is 5.08. The van der Waals surface area contributed by atoms with E-state index in [0.29, 0.717) is 0 Å². The molecule has 18 heavy (non-hydrogen) atoms. The first-order chi connectivity index (χ1) is 8.56. The summed E-state index contributed by atoms with van der Waals surface area (Å²) in [6.07, 6.45) is 0. The predicted molar refractivity (Wildman–Crippen MR) is 62.9 cm³/mol. The average Bonchev–Trinajstić information content (AvgIpc) is 2.77. The van der Waals surface area contributed by atoms with Gasteiger partial charge in [-0.1, -0.05) is 0 Å². The van der Waals surface area contributed by atoms with Gasteiger partial charge in [-0.05, 0) is 22.9 Å². The van der Waals surface area contributed by atoms with E-state index in [1.165, 1.54) is 6.07 Å². The summed E-state index contributed by atoms with van der Waals surface area (Å²) in [5.41, 5.74) is -0.254. The van der Waals surface area contributed by atoms with Crippen LogP contribution in [0.2, 0.25) is 0 Å². The van der Waals surface area contributed by atoms with Crippen molar-refractivity contribution in [1.82, 2.24) is 0 Å². The summed E-state index contributed by atoms with van der Waals surface area (Å²) in [4.78, 5) is 23.3. The number of phenolic OH excluding ortho intramolecular Hbond substituents is 1. The SMILES string of the molecule is CCOC(=O)C(=O)c1c(O)c(Br)cc2c1OCO2. The van der Waals surface area contributed by atoms with Gasteiger partial charge in [-0.25, -0.2) is 4.79 Å². The van der Waals surface area contributed by atoms with Gasteiger partial charge < -0.3 is 19.3 Å². The average molecular weight is 317 g/mol. The lowest BCUT2D eigenvalue weighted by Gasteiger charge is -2.08. The number of hydrogen-bond acceptors (Lipinski definition) is 6. The van der Waals surface area contributed by atoms with Gasteiger partial charge in [0.2, 0.25) is 6.79 Å². The van der Waals surface area contributed by atoms with Crippen molar-refractivity contribution in [3.05, 3.63) is 16.1 Å². The van der Waals surface area contributed by atoms with Crippen LogP contribution < -0.4 is 9.47 Å². The van der Waals surface area contributed by atoms with Crippen molar-refractivity contribution in [2.75, 3.05) is 13.4 Å². The monoisotopic (exact) mass is 316 g/mol. The van der Waals surface area contributed by atoms with E-state index < -0.39 is 11.8 Å². The van der Waals surface area contributed by atoms with E-state index in [1.54, 1.807) is 6.92 Å². The zero-order valence-electron chi connectivity index (χ0n) is 9.36. The highest BCUT2D eigenvalue weighted by Crippen LogP contribution is 2.45. The van der Waals surface area contributed by atoms with E-state index in [1.807, 2.05) is 0 Å². The van der Waals surface area contributed by atoms with Crippen LogP contribution in [0.25, 0.3) is 0 Å². The Labute approximate surface area is 111 Å². The molecule has 6 nitrogen and oxygen atoms in total. The number of benzene rings is 1. The van der Waals surface area contributed by atoms with Crippen LogP contribution in [0.3, 0.4) is 0 Å². The van der Waals surface area contributed by atoms with Gasteiger partial charge in [0, 0.05) is 6.07 Å². The van der Waals surface area contributed by atoms with Crippen LogP contribution in [0.15, 0.2) is 10.5 Å². The van der Waals surface area contributed by atoms with Crippen molar-refractivity contribution in [2.45, 2.75) is 6.92 Å². The van der Waals surface area contributed by atoms with Crippen LogP contribution in [-0.2, 0) is 9.53 Å². The number of fused-ring (bicyclic) bond motifs is 1. The minimum Gasteiger partial charge on any atom is -0.506 e. The van der Waals surface area contributed by atoms with E-state index in [2.05, 4.69) is 20.7 Å². The number of aromatic hydroxyl groups is 1. The molecule has 96 valence electrons. The maximum atomic E-state index is 11.9. The van der Waals surface area contributed by atoms with E-state index in [9.17, 15) is 14.7 Å². The number of phenols is 1. The number of Topliss-reactive ketones (excluding diaryl/α,β-unsaturated/α-hetero) is 1. The smallest absolute Gasteiger partial charge is 0.379 e. The molecule has 0 amide bonds. The lowest BCUT2D eigenvalue weighted by atomic mass is 10.1. The molecule has 0 saturated heterocycles. The molecule has 2 rings (SSSR count). The summed E-state index contributed by atoms with van der Waals surface area (Å²) in [7, 11) is 0. The Hall–Kier alpha value is -1.76. The van der Waals surface area contributed by atoms with Crippen molar-refractivity contribution in [1.29, 1.82) is 0 Å². The summed E-state index contributed by atoms with van der Waals surface area (Å²) >= 11 is 3.07. The Balaban J connectivity index is 2.50. The Morgan fingerprint density at radius 1 is 1.50 bits per heavy atom. The summed E-state index contributed by atoms with van der Waals surface area (Å²) in [6, 6.07) is 1.46. The molecule has 1 N–H and O–H groups in total. The number of halogens is 1. The molecule has 0 bridgehead atoms. The van der Waals surface area contributed by atoms with Gasteiger partial charge in [0.1, 0.15) is 11.3 Å². The van der Waals surface area contributed by atoms with Crippen molar-refractivity contribution < 1.29 is 28.9 Å². The molecule has 1 aliphatic heterocycles. The second-order valence-corrected chi connectivity index (χ2v) is 4.22. The highest BCUT2D eigenvalue weighted by Gasteiger charge is 2.32. The Bertz CT molecular complexity index is 525. The minimum atomic E-state index is -1.05. The number of carbonyl (C=O) groups excluding carboxylic acids is 2. The molecule has 0 atom stereocenters. The normalized spacial score (nSPS) is 12.3. The summed E-state index contributed by atoms with van der Waals surface area (Å²) in [5, 5.41) is 9.84. The second kappa shape index (κ2) is 4.85. The fourth-order valence-corrected chi connectivity index (χ4v) is 1.92. The Morgan fingerprint density at radius 3 is 2.89 bits per heavy atom. The van der Waals surface area contributed by atoms with Gasteiger partial charge in [-0.3, -0.25) is 4.79 Å². The molecule has 0 aromatic heterocycles. The zero-order chi connectivity index (χ0) is 13.3. The third-order valence-corrected chi connectivity index (χ3v) is 2.88. The van der Waals surface area contributed by atoms with Gasteiger partial charge in [0.15, 0.2) is 11.5 Å². The van der Waals surface area contributed by atoms with Crippen LogP contribution in [0, 0.1) is 0 Å². The Kier molecular flexibility index (Phi) is 3.42. The van der Waals surface area contributed by atoms with E-state index in [0.717, 1.165) is 0 Å². The number of hydrogen-bond donors (Lipinski definition) is 1. The first-order valence-corrected chi connectivity index (χ1v) is 5.88. The third-order valence-electron chi connectivity index (χ3n) is 2.28. The van der Waals surface area contributed by atoms with Crippen LogP contribution in [0.4, 0.5) is 0 Å². The van der Waals surface area contributed by atoms with E-state index in [-0.39, 0.29) is 40.7 Å². The van der Waals surface area contributed by atoms with Gasteiger partial charge in [-0.2, -0.15) is 0 Å². The molecular weight excluding hydrogens is 308 g/mol. The van der Waals surface area contributed by atoms with Gasteiger partial charge in [-0.15, -0.1) is 0 Å². The summed E-state index contributed by atoms with van der Waals surface area (Å²) in [6.45, 7) is 1.57. The van der Waals surface area contributed by atoms with Gasteiger partial charge in [0.25, 0.3) is 5.78 Å². The van der Waals surface area contributed by atoms with Crippen molar-refractivity contribution in [3.8, 4) is 17.2 Å². The fourth-order valence-electron chi connectivity index (χ4n) is 1.51. The molecule has 0 aliphatic carbocycles. The van der Waals surface area contributed by atoms with Crippen molar-refractivity contribution in [2.24, 2.45) is 0 Å². The van der Waals surface area contributed by atoms with Crippen LogP contribution in [-0.4, -0.2) is 30.3 Å². The number of carbonyl (C=O) groups is 2. The summed E-state index contributed by atoms with van der Waals surface area (Å²) in [5.74, 6) is -2.07. The van der Waals surface area contributed by atoms with Gasteiger partial charge in [0.05, 0.1) is 11.1 Å². The molecule has 0 spiro atoms. The number of ketones is 1. The standard InChI is InChI=1S/C11H9BrO6/c1-2-16-11(15)9(14)7-8(13)5(12)3-6-10(7)18-4-17-6/h3,13H,2,4H2,1H3. The zero-order valence-corrected chi connectivity index (χ0v) is 10.9. The van der Waals surface area contributed by atoms with Crippen molar-refractivity contribution >= 4 is 27.7 Å². The predicted octanol–water partition coefficient (Wildman–Crippen LogP) is 1.63. The highest BCUT2D eigenvalue weighted by atomic mass is 79.9. The Morgan fingerprint density at radius 2 is 2.22 bits per heavy atom. The second-order valence-electron chi connectivity index (χ2n) is 3.37. The molecule has 1 heterocycles. The third kappa shape index (κ3) is 2.01. The largest absolute Gasteiger partial charge is 0.506 e. The first kappa shape index (κ1) is 12.7. The minimum absolute atomic E-state index is 0.0498. The van der Waals surface area contributed by atoms with Crippen LogP contribution in [0.1, 0.15) is 17.3 Å². The number of esters is 1. The van der Waals surface area contributed by atoms with E-state index in [4.69, 9.17) is 9.47 Å². The molecular formula is C11H9BrO6. The van der Waals surface area contributed by atoms with Crippen molar-refractivity contribution in [3.63, 3.8) is 0 Å². The molecule has 0 fully saturated rings. The molecule has 1 aromatic rings. The number of rotatable bonds is 3. The fraction of sp³-hybridized carbons (Fsp3) is 0.273. The topological polar surface area (TPSA) is 82.1 Å². The molecule has 0 radical (unpaired) electrons. The molecule has 1 aromatic carbocycles. The quantitative estimate of drug-likeness (QED) is 0.518. The maximum Gasteiger partial charge on any atom is 0.379 e. The molecule has 0 saturated carbocycles. The van der Waals surface area contributed by atoms with Gasteiger partial charge >= 0.3 is 5.97 Å². The molecule has 1 aliphatic rings. The number of ether oxygens (including phenoxy) is 3. The maximum absolute atomic E-state index is 11.9. The van der Waals surface area contributed by atoms with Crippen LogP contribution >= 0.6 is 15.9 Å². The lowest BCUT2D eigenvalue weighted by molar-refractivity contribution is -0.137. The summed E-state index contributed by atoms with van der Waals surface area (Å²) < 4.78 is 15.0. The van der Waals surface area contributed by atoms with E-state index >= 15 is 0 Å².